The van der Waals surface area contributed by atoms with Crippen molar-refractivity contribution in [3.63, 3.8) is 0 Å². The zero-order valence-corrected chi connectivity index (χ0v) is 15.0. The molecule has 0 aliphatic rings. The molecule has 0 fully saturated rings. The van der Waals surface area contributed by atoms with Crippen LogP contribution in [-0.2, 0) is 0 Å². The third kappa shape index (κ3) is 5.09. The number of carbonyl (C=O) groups excluding carboxylic acids is 1. The minimum Gasteiger partial charge on any atom is -0.306 e. The van der Waals surface area contributed by atoms with Crippen LogP contribution in [0.3, 0.4) is 0 Å². The van der Waals surface area contributed by atoms with E-state index in [0.29, 0.717) is 0 Å². The molecule has 3 nitrogen and oxygen atoms in total. The molecule has 0 aromatic heterocycles. The quantitative estimate of drug-likeness (QED) is 0.369. The summed E-state index contributed by atoms with van der Waals surface area (Å²) in [5.41, 5.74) is 0.723. The molecule has 0 aliphatic heterocycles. The van der Waals surface area contributed by atoms with Crippen LogP contribution >= 0.6 is 53.2 Å². The van der Waals surface area contributed by atoms with Crippen LogP contribution in [0.5, 0.6) is 0 Å². The number of rotatable bonds is 4. The van der Waals surface area contributed by atoms with E-state index in [4.69, 9.17) is 0 Å². The molecule has 0 saturated carbocycles. The Bertz CT molecular complexity index is 605. The summed E-state index contributed by atoms with van der Waals surface area (Å²) < 4.78 is 4.57. The van der Waals surface area contributed by atoms with Gasteiger partial charge in [-0.05, 0) is 80.2 Å². The summed E-state index contributed by atoms with van der Waals surface area (Å²) in [4.78, 5) is 13.4. The van der Waals surface area contributed by atoms with Crippen molar-refractivity contribution >= 4 is 64.9 Å². The van der Waals surface area contributed by atoms with Gasteiger partial charge in [-0.3, -0.25) is 0 Å². The molecule has 0 bridgehead atoms. The van der Waals surface area contributed by atoms with E-state index in [9.17, 15) is 4.79 Å². The number of hydrogen-bond acceptors (Lipinski definition) is 3. The molecule has 0 radical (unpaired) electrons. The Labute approximate surface area is 141 Å². The van der Waals surface area contributed by atoms with Crippen molar-refractivity contribution in [3.8, 4) is 0 Å². The number of nitrogens with one attached hydrogen (secondary N) is 1. The molecule has 0 heterocycles. The Balaban J connectivity index is 1.92. The molecule has 0 spiro atoms. The summed E-state index contributed by atoms with van der Waals surface area (Å²) in [6, 6.07) is 15.6. The van der Waals surface area contributed by atoms with Gasteiger partial charge in [-0.1, -0.05) is 21.6 Å². The highest BCUT2D eigenvalue weighted by Gasteiger charge is 2.00. The first kappa shape index (κ1) is 15.8. The van der Waals surface area contributed by atoms with E-state index in [1.54, 1.807) is 21.6 Å². The van der Waals surface area contributed by atoms with E-state index in [1.165, 1.54) is 8.47 Å². The molecular weight excluding hydrogens is 422 g/mol. The van der Waals surface area contributed by atoms with Crippen molar-refractivity contribution in [1.29, 1.82) is 0 Å². The van der Waals surface area contributed by atoms with Gasteiger partial charge >= 0.3 is 6.03 Å². The Morgan fingerprint density at radius 1 is 1.00 bits per heavy atom. The van der Waals surface area contributed by atoms with Gasteiger partial charge < -0.3 is 5.32 Å². The lowest BCUT2D eigenvalue weighted by molar-refractivity contribution is 0.260. The second kappa shape index (κ2) is 8.02. The highest BCUT2D eigenvalue weighted by atomic mass is 127. The van der Waals surface area contributed by atoms with Crippen LogP contribution in [0.1, 0.15) is 0 Å². The molecule has 2 rings (SSSR count). The van der Waals surface area contributed by atoms with Crippen molar-refractivity contribution in [2.45, 2.75) is 9.79 Å². The zero-order chi connectivity index (χ0) is 14.4. The molecule has 0 atom stereocenters. The molecule has 2 aromatic rings. The molecule has 2 amide bonds. The van der Waals surface area contributed by atoms with Crippen molar-refractivity contribution in [2.75, 3.05) is 5.32 Å². The maximum atomic E-state index is 11.1. The van der Waals surface area contributed by atoms with Gasteiger partial charge in [-0.25, -0.2) is 4.79 Å². The molecule has 20 heavy (non-hydrogen) atoms. The van der Waals surface area contributed by atoms with Crippen LogP contribution < -0.4 is 5.32 Å². The Morgan fingerprint density at radius 2 is 1.50 bits per heavy atom. The number of nitrogens with zero attached hydrogens (tertiary/aromatic N) is 1. The minimum absolute atomic E-state index is 0.421. The van der Waals surface area contributed by atoms with Crippen molar-refractivity contribution in [2.24, 2.45) is 4.74 Å². The highest BCUT2D eigenvalue weighted by molar-refractivity contribution is 14.1. The van der Waals surface area contributed by atoms with E-state index in [2.05, 4.69) is 65.9 Å². The largest absolute Gasteiger partial charge is 0.348 e. The van der Waals surface area contributed by atoms with E-state index in [1.807, 2.05) is 24.3 Å². The first-order chi connectivity index (χ1) is 9.67. The summed E-state index contributed by atoms with van der Waals surface area (Å²) in [7, 11) is 6.18. The smallest absolute Gasteiger partial charge is 0.306 e. The van der Waals surface area contributed by atoms with Gasteiger partial charge in [-0.15, -0.1) is 0 Å². The molecular formula is C13H10IN2OPS2. The fourth-order valence-corrected chi connectivity index (χ4v) is 3.68. The molecule has 102 valence electrons. The van der Waals surface area contributed by atoms with E-state index in [-0.39, 0.29) is 0 Å². The number of urea groups is 1. The predicted molar refractivity (Wildman–Crippen MR) is 97.1 cm³/mol. The highest BCUT2D eigenvalue weighted by Crippen LogP contribution is 2.37. The molecule has 0 aliphatic carbocycles. The van der Waals surface area contributed by atoms with E-state index >= 15 is 0 Å². The second-order valence-electron chi connectivity index (χ2n) is 3.69. The molecule has 2 aromatic carbocycles. The van der Waals surface area contributed by atoms with Crippen LogP contribution in [-0.4, -0.2) is 6.03 Å². The summed E-state index contributed by atoms with van der Waals surface area (Å²) in [5, 5.41) is 2.63. The Morgan fingerprint density at radius 3 is 2.00 bits per heavy atom. The van der Waals surface area contributed by atoms with E-state index < -0.39 is 6.03 Å². The SMILES string of the molecule is O=C(N=P)Nc1ccc(SSc2ccc(I)cc2)cc1. The van der Waals surface area contributed by atoms with Crippen molar-refractivity contribution < 1.29 is 4.79 Å². The third-order valence-corrected chi connectivity index (χ3v) is 5.59. The number of amides is 2. The van der Waals surface area contributed by atoms with Gasteiger partial charge in [0.2, 0.25) is 0 Å². The maximum absolute atomic E-state index is 11.1. The van der Waals surface area contributed by atoms with Crippen LogP contribution in [0.25, 0.3) is 0 Å². The topological polar surface area (TPSA) is 41.5 Å². The van der Waals surface area contributed by atoms with Crippen molar-refractivity contribution in [1.82, 2.24) is 0 Å². The summed E-state index contributed by atoms with van der Waals surface area (Å²) in [6.07, 6.45) is 0. The van der Waals surface area contributed by atoms with Crippen LogP contribution in [0, 0.1) is 3.57 Å². The van der Waals surface area contributed by atoms with Gasteiger partial charge in [-0.2, -0.15) is 4.74 Å². The zero-order valence-electron chi connectivity index (χ0n) is 10.2. The summed E-state index contributed by atoms with van der Waals surface area (Å²) >= 11 is 2.29. The number of hydrogen-bond donors (Lipinski definition) is 1. The minimum atomic E-state index is -0.421. The van der Waals surface area contributed by atoms with Gasteiger partial charge in [0.25, 0.3) is 0 Å². The number of benzene rings is 2. The van der Waals surface area contributed by atoms with E-state index in [0.717, 1.165) is 10.6 Å². The average molecular weight is 432 g/mol. The second-order valence-corrected chi connectivity index (χ2v) is 7.43. The average Bonchev–Trinajstić information content (AvgIpc) is 2.48. The van der Waals surface area contributed by atoms with Crippen molar-refractivity contribution in [3.05, 3.63) is 52.1 Å². The van der Waals surface area contributed by atoms with Crippen LogP contribution in [0.2, 0.25) is 0 Å². The summed E-state index contributed by atoms with van der Waals surface area (Å²) in [6.45, 7) is 0. The first-order valence-corrected chi connectivity index (χ1v) is 9.23. The van der Waals surface area contributed by atoms with Gasteiger partial charge in [0.15, 0.2) is 0 Å². The lowest BCUT2D eigenvalue weighted by Gasteiger charge is -2.04. The van der Waals surface area contributed by atoms with Crippen LogP contribution in [0.4, 0.5) is 10.5 Å². The lowest BCUT2D eigenvalue weighted by atomic mass is 10.3. The van der Waals surface area contributed by atoms with Gasteiger partial charge in [0.05, 0.1) is 0 Å². The van der Waals surface area contributed by atoms with Crippen LogP contribution in [0.15, 0.2) is 63.1 Å². The van der Waals surface area contributed by atoms with Gasteiger partial charge in [0, 0.05) is 19.0 Å². The Kier molecular flexibility index (Phi) is 6.35. The maximum Gasteiger partial charge on any atom is 0.348 e. The monoisotopic (exact) mass is 432 g/mol. The first-order valence-electron chi connectivity index (χ1n) is 5.56. The number of halogens is 1. The summed E-state index contributed by atoms with van der Waals surface area (Å²) in [5.74, 6) is 0. The molecule has 0 saturated heterocycles. The molecule has 7 heteroatoms. The Hall–Kier alpha value is -0.560. The molecule has 1 N–H and O–H groups in total. The lowest BCUT2D eigenvalue weighted by Crippen LogP contribution is -2.03. The van der Waals surface area contributed by atoms with Gasteiger partial charge in [0.1, 0.15) is 0 Å². The fourth-order valence-electron chi connectivity index (χ4n) is 1.33. The number of anilines is 1. The third-order valence-electron chi connectivity index (χ3n) is 2.25. The normalized spacial score (nSPS) is 10.1. The predicted octanol–water partition coefficient (Wildman–Crippen LogP) is 5.95. The number of carbonyl (C=O) groups is 1. The standard InChI is InChI=1S/C13H10IN2OPS2/c14-9-1-5-11(6-2-9)19-20-12-7-3-10(4-8-12)15-13(17)16-18/h1-8,18H,(H,15,17). The molecule has 0 unspecified atom stereocenters. The fraction of sp³-hybridized carbons (Fsp3) is 0.